The van der Waals surface area contributed by atoms with Crippen LogP contribution < -0.4 is 10.5 Å². The largest absolute Gasteiger partial charge is 0.479 e. The van der Waals surface area contributed by atoms with Crippen LogP contribution in [0.1, 0.15) is 23.2 Å². The summed E-state index contributed by atoms with van der Waals surface area (Å²) in [5.74, 6) is 2.17. The van der Waals surface area contributed by atoms with Gasteiger partial charge in [-0.1, -0.05) is 23.7 Å². The lowest BCUT2D eigenvalue weighted by molar-refractivity contribution is 0.176. The highest BCUT2D eigenvalue weighted by molar-refractivity contribution is 8.15. The van der Waals surface area contributed by atoms with Crippen molar-refractivity contribution in [1.82, 2.24) is 15.0 Å². The molecule has 2 aromatic heterocycles. The summed E-state index contributed by atoms with van der Waals surface area (Å²) in [6.45, 7) is -0.339. The Kier molecular flexibility index (Phi) is 6.07. The van der Waals surface area contributed by atoms with Crippen LogP contribution in [0.3, 0.4) is 0 Å². The molecule has 5 rings (SSSR count). The molecule has 3 aromatic rings. The third kappa shape index (κ3) is 4.09. The maximum Gasteiger partial charge on any atom is 0.155 e. The van der Waals surface area contributed by atoms with Crippen LogP contribution in [0.2, 0.25) is 0 Å². The minimum Gasteiger partial charge on any atom is -0.479 e. The number of rotatable bonds is 8. The smallest absolute Gasteiger partial charge is 0.155 e. The SMILES string of the molecule is C#CCOc1cnc2c(Cc3ccc(F)c([C@@]4(CF)N=C(N)S[C@@]5(COC)C[C@H]54)c3)ncnc2c1. The van der Waals surface area contributed by atoms with Crippen LogP contribution in [0.25, 0.3) is 11.0 Å². The van der Waals surface area contributed by atoms with Crippen LogP contribution in [-0.2, 0) is 16.7 Å². The van der Waals surface area contributed by atoms with E-state index in [4.69, 9.17) is 21.6 Å². The van der Waals surface area contributed by atoms with E-state index in [1.807, 2.05) is 0 Å². The number of terminal acetylenes is 1. The van der Waals surface area contributed by atoms with Gasteiger partial charge in [0.25, 0.3) is 0 Å². The van der Waals surface area contributed by atoms with Crippen molar-refractivity contribution in [2.45, 2.75) is 23.1 Å². The van der Waals surface area contributed by atoms with Crippen LogP contribution in [0, 0.1) is 24.1 Å². The van der Waals surface area contributed by atoms with Crippen molar-refractivity contribution in [3.8, 4) is 18.1 Å². The van der Waals surface area contributed by atoms with Gasteiger partial charge in [-0.3, -0.25) is 0 Å². The number of aromatic nitrogens is 3. The molecule has 1 fully saturated rings. The predicted molar refractivity (Wildman–Crippen MR) is 130 cm³/mol. The van der Waals surface area contributed by atoms with Gasteiger partial charge in [-0.15, -0.1) is 6.42 Å². The molecular formula is C25H23F2N5O2S. The van der Waals surface area contributed by atoms with Gasteiger partial charge in [-0.05, 0) is 24.1 Å². The second-order valence-corrected chi connectivity index (χ2v) is 10.1. The molecule has 0 radical (unpaired) electrons. The number of halogens is 2. The number of ether oxygens (including phenoxy) is 2. The number of amidine groups is 1. The minimum absolute atomic E-state index is 0.123. The molecule has 2 N–H and O–H groups in total. The number of nitrogens with two attached hydrogens (primary N) is 1. The quantitative estimate of drug-likeness (QED) is 0.479. The van der Waals surface area contributed by atoms with Gasteiger partial charge in [0.1, 0.15) is 42.2 Å². The molecule has 2 aliphatic rings. The summed E-state index contributed by atoms with van der Waals surface area (Å²) in [7, 11) is 1.59. The molecule has 3 atom stereocenters. The topological polar surface area (TPSA) is 95.5 Å². The first-order chi connectivity index (χ1) is 16.9. The molecule has 1 saturated carbocycles. The highest BCUT2D eigenvalue weighted by atomic mass is 32.2. The number of benzene rings is 1. The fourth-order valence-electron chi connectivity index (χ4n) is 4.90. The Morgan fingerprint density at radius 2 is 2.14 bits per heavy atom. The first-order valence-corrected chi connectivity index (χ1v) is 11.8. The number of fused-ring (bicyclic) bond motifs is 2. The van der Waals surface area contributed by atoms with Crippen LogP contribution in [0.15, 0.2) is 41.8 Å². The molecule has 10 heteroatoms. The van der Waals surface area contributed by atoms with E-state index in [0.29, 0.717) is 41.9 Å². The van der Waals surface area contributed by atoms with E-state index >= 15 is 4.39 Å². The summed E-state index contributed by atoms with van der Waals surface area (Å²) in [6, 6.07) is 6.40. The van der Waals surface area contributed by atoms with Crippen LogP contribution in [-0.4, -0.2) is 51.9 Å². The summed E-state index contributed by atoms with van der Waals surface area (Å²) < 4.78 is 40.3. The Morgan fingerprint density at radius 3 is 2.91 bits per heavy atom. The van der Waals surface area contributed by atoms with E-state index in [9.17, 15) is 4.39 Å². The van der Waals surface area contributed by atoms with Crippen molar-refractivity contribution in [3.05, 3.63) is 59.4 Å². The molecule has 3 heterocycles. The van der Waals surface area contributed by atoms with Gasteiger partial charge >= 0.3 is 0 Å². The Labute approximate surface area is 205 Å². The van der Waals surface area contributed by atoms with Crippen molar-refractivity contribution in [3.63, 3.8) is 0 Å². The zero-order valence-corrected chi connectivity index (χ0v) is 19.8. The van der Waals surface area contributed by atoms with Gasteiger partial charge in [-0.2, -0.15) is 0 Å². The van der Waals surface area contributed by atoms with Crippen molar-refractivity contribution in [2.24, 2.45) is 16.6 Å². The fourth-order valence-corrected chi connectivity index (χ4v) is 6.29. The van der Waals surface area contributed by atoms with E-state index < -0.39 is 18.0 Å². The molecular weight excluding hydrogens is 472 g/mol. The Morgan fingerprint density at radius 1 is 1.29 bits per heavy atom. The van der Waals surface area contributed by atoms with Crippen LogP contribution in [0.5, 0.6) is 5.75 Å². The Balaban J connectivity index is 1.51. The second-order valence-electron chi connectivity index (χ2n) is 8.71. The van der Waals surface area contributed by atoms with Gasteiger partial charge in [0.05, 0.1) is 28.8 Å². The standard InChI is InChI=1S/C25H23F2N5O2S/c1-3-6-34-16-9-20-22(29-11-16)19(30-14-31-20)8-15-4-5-18(27)17(7-15)25(12-26)21-10-24(21,13-33-2)35-23(28)32-25/h1,4-5,7,9,11,14,21H,6,8,10,12-13H2,2H3,(H2,28,32)/t21-,24-,25-/m1/s1. The number of nitrogens with zero attached hydrogens (tertiary/aromatic N) is 4. The van der Waals surface area contributed by atoms with Crippen LogP contribution in [0.4, 0.5) is 8.78 Å². The lowest BCUT2D eigenvalue weighted by atomic mass is 9.83. The molecule has 180 valence electrons. The van der Waals surface area contributed by atoms with E-state index in [2.05, 4.69) is 25.9 Å². The number of aliphatic imine (C=N–C) groups is 1. The molecule has 1 aromatic carbocycles. The lowest BCUT2D eigenvalue weighted by Gasteiger charge is -2.35. The van der Waals surface area contributed by atoms with Gasteiger partial charge in [0, 0.05) is 31.1 Å². The Hall–Kier alpha value is -3.29. The number of pyridine rings is 1. The lowest BCUT2D eigenvalue weighted by Crippen LogP contribution is -2.41. The number of hydrogen-bond acceptors (Lipinski definition) is 8. The maximum atomic E-state index is 15.2. The third-order valence-corrected chi connectivity index (χ3v) is 7.80. The van der Waals surface area contributed by atoms with Gasteiger partial charge in [0.15, 0.2) is 5.17 Å². The molecule has 0 bridgehead atoms. The van der Waals surface area contributed by atoms with E-state index in [1.54, 1.807) is 31.5 Å². The van der Waals surface area contributed by atoms with Crippen LogP contribution >= 0.6 is 11.8 Å². The van der Waals surface area contributed by atoms with Crippen molar-refractivity contribution >= 4 is 28.0 Å². The normalized spacial score (nSPS) is 25.0. The maximum absolute atomic E-state index is 15.2. The summed E-state index contributed by atoms with van der Waals surface area (Å²) in [5.41, 5.74) is 7.47. The van der Waals surface area contributed by atoms with Crippen molar-refractivity contribution in [2.75, 3.05) is 27.0 Å². The number of thioether (sulfide) groups is 1. The van der Waals surface area contributed by atoms with Crippen molar-refractivity contribution < 1.29 is 18.3 Å². The summed E-state index contributed by atoms with van der Waals surface area (Å²) in [5, 5.41) is 0.243. The summed E-state index contributed by atoms with van der Waals surface area (Å²) >= 11 is 1.39. The number of hydrogen-bond donors (Lipinski definition) is 1. The third-order valence-electron chi connectivity index (χ3n) is 6.53. The minimum atomic E-state index is -1.39. The second kappa shape index (κ2) is 9.06. The fraction of sp³-hybridized carbons (Fsp3) is 0.360. The van der Waals surface area contributed by atoms with Gasteiger partial charge in [0.2, 0.25) is 0 Å². The average Bonchev–Trinajstić information content (AvgIpc) is 3.57. The van der Waals surface area contributed by atoms with Crippen molar-refractivity contribution in [1.29, 1.82) is 0 Å². The molecule has 0 amide bonds. The monoisotopic (exact) mass is 495 g/mol. The van der Waals surface area contributed by atoms with Gasteiger partial charge in [-0.25, -0.2) is 28.7 Å². The van der Waals surface area contributed by atoms with E-state index in [0.717, 1.165) is 5.56 Å². The molecule has 0 unspecified atom stereocenters. The van der Waals surface area contributed by atoms with E-state index in [1.165, 1.54) is 24.2 Å². The zero-order chi connectivity index (χ0) is 24.6. The zero-order valence-electron chi connectivity index (χ0n) is 19.0. The molecule has 0 spiro atoms. The molecule has 35 heavy (non-hydrogen) atoms. The summed E-state index contributed by atoms with van der Waals surface area (Å²) in [4.78, 5) is 17.6. The molecule has 1 aliphatic heterocycles. The molecule has 0 saturated heterocycles. The molecule has 7 nitrogen and oxygen atoms in total. The predicted octanol–water partition coefficient (Wildman–Crippen LogP) is 3.40. The average molecular weight is 496 g/mol. The number of alkyl halides is 1. The highest BCUT2D eigenvalue weighted by Gasteiger charge is 2.68. The Bertz CT molecular complexity index is 1360. The highest BCUT2D eigenvalue weighted by Crippen LogP contribution is 2.66. The molecule has 1 aliphatic carbocycles. The first kappa shape index (κ1) is 23.5. The van der Waals surface area contributed by atoms with Gasteiger partial charge < -0.3 is 15.2 Å². The summed E-state index contributed by atoms with van der Waals surface area (Å²) in [6.07, 6.45) is 9.22. The van der Waals surface area contributed by atoms with E-state index in [-0.39, 0.29) is 28.0 Å². The first-order valence-electron chi connectivity index (χ1n) is 11.0. The number of methoxy groups -OCH3 is 1.